The molecule has 2 rings (SSSR count). The van der Waals surface area contributed by atoms with Crippen molar-refractivity contribution in [2.75, 3.05) is 6.61 Å². The molecule has 94 valence electrons. The van der Waals surface area contributed by atoms with Crippen molar-refractivity contribution >= 4 is 5.90 Å². The third-order valence-corrected chi connectivity index (χ3v) is 3.05. The van der Waals surface area contributed by atoms with Crippen LogP contribution in [0.5, 0.6) is 0 Å². The second-order valence-corrected chi connectivity index (χ2v) is 5.28. The first-order valence-electron chi connectivity index (χ1n) is 6.24. The predicted molar refractivity (Wildman–Crippen MR) is 71.5 cm³/mol. The van der Waals surface area contributed by atoms with E-state index in [-0.39, 0.29) is 11.5 Å². The summed E-state index contributed by atoms with van der Waals surface area (Å²) in [5.74, 6) is 0.952. The number of aliphatic imine (C=N–C) groups is 1. The maximum atomic E-state index is 8.94. The average Bonchev–Trinajstić information content (AvgIpc) is 2.69. The molecule has 0 spiro atoms. The van der Waals surface area contributed by atoms with Gasteiger partial charge in [0.1, 0.15) is 6.61 Å². The third-order valence-electron chi connectivity index (χ3n) is 3.05. The van der Waals surface area contributed by atoms with Gasteiger partial charge in [0, 0.05) is 18.8 Å². The van der Waals surface area contributed by atoms with Crippen LogP contribution in [0.15, 0.2) is 35.3 Å². The first-order chi connectivity index (χ1) is 8.61. The summed E-state index contributed by atoms with van der Waals surface area (Å²) in [5.41, 5.74) is 1.05. The molecule has 0 N–H and O–H groups in total. The fourth-order valence-corrected chi connectivity index (χ4v) is 2.12. The SMILES string of the molecule is CC1(C)COC(CC(CC#N)c2ccccc2)=N1. The highest BCUT2D eigenvalue weighted by atomic mass is 16.5. The smallest absolute Gasteiger partial charge is 0.184 e. The Hall–Kier alpha value is -1.82. The molecule has 3 nitrogen and oxygen atoms in total. The molecule has 0 bridgehead atoms. The molecule has 0 aliphatic carbocycles. The topological polar surface area (TPSA) is 45.4 Å². The fraction of sp³-hybridized carbons (Fsp3) is 0.467. The summed E-state index contributed by atoms with van der Waals surface area (Å²) < 4.78 is 5.61. The zero-order valence-electron chi connectivity index (χ0n) is 10.9. The van der Waals surface area contributed by atoms with Gasteiger partial charge in [0.2, 0.25) is 0 Å². The molecule has 1 aliphatic rings. The molecule has 1 aliphatic heterocycles. The minimum Gasteiger partial charge on any atom is -0.478 e. The molecule has 0 saturated carbocycles. The maximum absolute atomic E-state index is 8.94. The van der Waals surface area contributed by atoms with E-state index in [0.29, 0.717) is 19.4 Å². The highest BCUT2D eigenvalue weighted by molar-refractivity contribution is 5.79. The lowest BCUT2D eigenvalue weighted by Crippen LogP contribution is -2.17. The molecule has 0 fully saturated rings. The van der Waals surface area contributed by atoms with Crippen molar-refractivity contribution in [3.05, 3.63) is 35.9 Å². The lowest BCUT2D eigenvalue weighted by Gasteiger charge is -2.13. The number of ether oxygens (including phenoxy) is 1. The van der Waals surface area contributed by atoms with Crippen LogP contribution in [0.1, 0.15) is 38.2 Å². The Balaban J connectivity index is 2.11. The van der Waals surface area contributed by atoms with Crippen LogP contribution in [0.2, 0.25) is 0 Å². The largest absolute Gasteiger partial charge is 0.478 e. The third kappa shape index (κ3) is 3.10. The van der Waals surface area contributed by atoms with Crippen LogP contribution in [-0.2, 0) is 4.74 Å². The van der Waals surface area contributed by atoms with Gasteiger partial charge in [0.05, 0.1) is 11.6 Å². The summed E-state index contributed by atoms with van der Waals surface area (Å²) in [5, 5.41) is 8.94. The number of rotatable bonds is 4. The molecule has 1 unspecified atom stereocenters. The van der Waals surface area contributed by atoms with E-state index in [4.69, 9.17) is 10.00 Å². The van der Waals surface area contributed by atoms with E-state index in [1.54, 1.807) is 0 Å². The van der Waals surface area contributed by atoms with Gasteiger partial charge < -0.3 is 4.74 Å². The Kier molecular flexibility index (Phi) is 3.66. The lowest BCUT2D eigenvalue weighted by atomic mass is 9.93. The highest BCUT2D eigenvalue weighted by Gasteiger charge is 2.27. The first kappa shape index (κ1) is 12.6. The number of benzene rings is 1. The summed E-state index contributed by atoms with van der Waals surface area (Å²) in [7, 11) is 0. The Bertz CT molecular complexity index is 471. The fourth-order valence-electron chi connectivity index (χ4n) is 2.12. The molecular weight excluding hydrogens is 224 g/mol. The van der Waals surface area contributed by atoms with Crippen LogP contribution in [0, 0.1) is 11.3 Å². The van der Waals surface area contributed by atoms with E-state index in [0.717, 1.165) is 5.90 Å². The normalized spacial score (nSPS) is 18.6. The second-order valence-electron chi connectivity index (χ2n) is 5.28. The molecule has 1 atom stereocenters. The summed E-state index contributed by atoms with van der Waals surface area (Å²) in [4.78, 5) is 4.55. The van der Waals surface area contributed by atoms with Crippen LogP contribution in [0.4, 0.5) is 0 Å². The Morgan fingerprint density at radius 3 is 2.67 bits per heavy atom. The van der Waals surface area contributed by atoms with Crippen molar-refractivity contribution in [2.45, 2.75) is 38.1 Å². The van der Waals surface area contributed by atoms with Gasteiger partial charge in [-0.05, 0) is 19.4 Å². The predicted octanol–water partition coefficient (Wildman–Crippen LogP) is 3.28. The molecule has 1 aromatic carbocycles. The Labute approximate surface area is 108 Å². The zero-order chi connectivity index (χ0) is 13.0. The summed E-state index contributed by atoms with van der Waals surface area (Å²) >= 11 is 0. The monoisotopic (exact) mass is 242 g/mol. The molecule has 0 radical (unpaired) electrons. The molecule has 0 saturated heterocycles. The van der Waals surface area contributed by atoms with Gasteiger partial charge in [0.25, 0.3) is 0 Å². The molecule has 0 amide bonds. The Morgan fingerprint density at radius 1 is 1.39 bits per heavy atom. The second kappa shape index (κ2) is 5.22. The van der Waals surface area contributed by atoms with E-state index in [1.807, 2.05) is 18.2 Å². The molecule has 1 aromatic rings. The van der Waals surface area contributed by atoms with Crippen molar-refractivity contribution in [1.82, 2.24) is 0 Å². The van der Waals surface area contributed by atoms with Crippen molar-refractivity contribution in [2.24, 2.45) is 4.99 Å². The van der Waals surface area contributed by atoms with Gasteiger partial charge in [-0.3, -0.25) is 0 Å². The number of hydrogen-bond donors (Lipinski definition) is 0. The summed E-state index contributed by atoms with van der Waals surface area (Å²) in [6, 6.07) is 12.4. The van der Waals surface area contributed by atoms with Gasteiger partial charge >= 0.3 is 0 Å². The molecule has 18 heavy (non-hydrogen) atoms. The quantitative estimate of drug-likeness (QED) is 0.813. The Morgan fingerprint density at radius 2 is 2.11 bits per heavy atom. The van der Waals surface area contributed by atoms with Crippen LogP contribution in [0.25, 0.3) is 0 Å². The van der Waals surface area contributed by atoms with E-state index >= 15 is 0 Å². The molecular formula is C15H18N2O. The van der Waals surface area contributed by atoms with E-state index < -0.39 is 0 Å². The minimum absolute atomic E-state index is 0.122. The van der Waals surface area contributed by atoms with Crippen molar-refractivity contribution in [3.8, 4) is 6.07 Å². The minimum atomic E-state index is -0.122. The standard InChI is InChI=1S/C15H18N2O/c1-15(2)11-18-14(17-15)10-13(8-9-16)12-6-4-3-5-7-12/h3-7,13H,8,10-11H2,1-2H3. The number of hydrogen-bond acceptors (Lipinski definition) is 3. The van der Waals surface area contributed by atoms with Gasteiger partial charge in [-0.15, -0.1) is 0 Å². The number of nitriles is 1. The van der Waals surface area contributed by atoms with E-state index in [1.165, 1.54) is 5.56 Å². The molecule has 0 aromatic heterocycles. The summed E-state index contributed by atoms with van der Waals surface area (Å²) in [6.07, 6.45) is 1.20. The van der Waals surface area contributed by atoms with Crippen LogP contribution in [0.3, 0.4) is 0 Å². The van der Waals surface area contributed by atoms with Gasteiger partial charge in [-0.2, -0.15) is 5.26 Å². The van der Waals surface area contributed by atoms with Crippen LogP contribution >= 0.6 is 0 Å². The van der Waals surface area contributed by atoms with Crippen LogP contribution in [-0.4, -0.2) is 18.0 Å². The van der Waals surface area contributed by atoms with Crippen molar-refractivity contribution in [1.29, 1.82) is 5.26 Å². The van der Waals surface area contributed by atoms with Crippen LogP contribution < -0.4 is 0 Å². The lowest BCUT2D eigenvalue weighted by molar-refractivity contribution is 0.272. The van der Waals surface area contributed by atoms with Gasteiger partial charge in [-0.1, -0.05) is 30.3 Å². The molecule has 3 heteroatoms. The van der Waals surface area contributed by atoms with Gasteiger partial charge in [0.15, 0.2) is 5.90 Å². The summed E-state index contributed by atoms with van der Waals surface area (Å²) in [6.45, 7) is 4.75. The van der Waals surface area contributed by atoms with E-state index in [9.17, 15) is 0 Å². The van der Waals surface area contributed by atoms with Crippen molar-refractivity contribution < 1.29 is 4.74 Å². The van der Waals surface area contributed by atoms with Gasteiger partial charge in [-0.25, -0.2) is 4.99 Å². The highest BCUT2D eigenvalue weighted by Crippen LogP contribution is 2.27. The maximum Gasteiger partial charge on any atom is 0.184 e. The van der Waals surface area contributed by atoms with Crippen molar-refractivity contribution in [3.63, 3.8) is 0 Å². The number of nitrogens with zero attached hydrogens (tertiary/aromatic N) is 2. The van der Waals surface area contributed by atoms with E-state index in [2.05, 4.69) is 37.0 Å². The average molecular weight is 242 g/mol. The molecule has 1 heterocycles. The first-order valence-corrected chi connectivity index (χ1v) is 6.24. The zero-order valence-corrected chi connectivity index (χ0v) is 10.9.